The highest BCUT2D eigenvalue weighted by Gasteiger charge is 2.16. The van der Waals surface area contributed by atoms with Gasteiger partial charge in [-0.2, -0.15) is 14.3 Å². The SMILES string of the molecule is CSc1ncc(-c2ccc(-n3cccn3)c3c2cnn3SF)nn1. The second-order valence-corrected chi connectivity index (χ2v) is 6.02. The Labute approximate surface area is 144 Å². The van der Waals surface area contributed by atoms with Gasteiger partial charge < -0.3 is 0 Å². The zero-order valence-corrected chi connectivity index (χ0v) is 14.0. The minimum atomic E-state index is 0.0358. The Bertz CT molecular complexity index is 982. The minimum Gasteiger partial charge on any atom is -0.239 e. The molecular weight excluding hydrogens is 349 g/mol. The molecule has 0 aliphatic carbocycles. The van der Waals surface area contributed by atoms with Gasteiger partial charge in [0.1, 0.15) is 11.2 Å². The molecule has 1 aromatic carbocycles. The van der Waals surface area contributed by atoms with E-state index in [0.29, 0.717) is 16.4 Å². The number of fused-ring (bicyclic) bond motifs is 1. The number of nitrogens with zero attached hydrogens (tertiary/aromatic N) is 7. The Kier molecular flexibility index (Phi) is 3.90. The first-order valence-electron chi connectivity index (χ1n) is 6.85. The van der Waals surface area contributed by atoms with Crippen LogP contribution in [0.25, 0.3) is 27.8 Å². The second kappa shape index (κ2) is 6.21. The molecule has 0 radical (unpaired) electrons. The van der Waals surface area contributed by atoms with Gasteiger partial charge in [-0.3, -0.25) is 0 Å². The van der Waals surface area contributed by atoms with E-state index in [1.165, 1.54) is 15.8 Å². The van der Waals surface area contributed by atoms with Gasteiger partial charge in [0.2, 0.25) is 5.16 Å². The van der Waals surface area contributed by atoms with Gasteiger partial charge in [0.25, 0.3) is 0 Å². The van der Waals surface area contributed by atoms with Crippen molar-refractivity contribution in [2.75, 3.05) is 6.26 Å². The Morgan fingerprint density at radius 3 is 2.71 bits per heavy atom. The van der Waals surface area contributed by atoms with Gasteiger partial charge >= 0.3 is 0 Å². The van der Waals surface area contributed by atoms with E-state index in [1.54, 1.807) is 35.5 Å². The number of aromatic nitrogens is 7. The van der Waals surface area contributed by atoms with Gasteiger partial charge in [-0.15, -0.1) is 14.1 Å². The number of hydrogen-bond acceptors (Lipinski definition) is 7. The summed E-state index contributed by atoms with van der Waals surface area (Å²) in [7, 11) is 0. The topological polar surface area (TPSA) is 74.3 Å². The lowest BCUT2D eigenvalue weighted by molar-refractivity contribution is 0.847. The molecular formula is C14H10FN7S2. The first-order chi connectivity index (χ1) is 11.8. The largest absolute Gasteiger partial charge is 0.239 e. The Morgan fingerprint density at radius 2 is 2.04 bits per heavy atom. The highest BCUT2D eigenvalue weighted by molar-refractivity contribution is 7.98. The average molecular weight is 359 g/mol. The van der Waals surface area contributed by atoms with Crippen molar-refractivity contribution in [3.05, 3.63) is 43.0 Å². The van der Waals surface area contributed by atoms with Crippen molar-refractivity contribution < 1.29 is 3.89 Å². The summed E-state index contributed by atoms with van der Waals surface area (Å²) in [6, 6.07) is 5.54. The smallest absolute Gasteiger partial charge is 0.208 e. The van der Waals surface area contributed by atoms with E-state index in [0.717, 1.165) is 16.6 Å². The lowest BCUT2D eigenvalue weighted by Gasteiger charge is -2.08. The van der Waals surface area contributed by atoms with Gasteiger partial charge in [0.15, 0.2) is 12.3 Å². The van der Waals surface area contributed by atoms with E-state index in [1.807, 2.05) is 18.4 Å². The van der Waals surface area contributed by atoms with Crippen molar-refractivity contribution in [2.45, 2.75) is 5.16 Å². The lowest BCUT2D eigenvalue weighted by Crippen LogP contribution is -1.99. The first kappa shape index (κ1) is 15.1. The molecule has 0 bridgehead atoms. The summed E-state index contributed by atoms with van der Waals surface area (Å²) in [5.41, 5.74) is 2.73. The van der Waals surface area contributed by atoms with Crippen molar-refractivity contribution >= 4 is 35.0 Å². The highest BCUT2D eigenvalue weighted by Crippen LogP contribution is 2.33. The Hall–Kier alpha value is -2.46. The summed E-state index contributed by atoms with van der Waals surface area (Å²) in [5, 5.41) is 17.9. The number of halogens is 1. The zero-order valence-electron chi connectivity index (χ0n) is 12.4. The molecule has 0 aliphatic heterocycles. The summed E-state index contributed by atoms with van der Waals surface area (Å²) in [4.78, 5) is 4.24. The number of hydrogen-bond donors (Lipinski definition) is 0. The van der Waals surface area contributed by atoms with E-state index in [4.69, 9.17) is 0 Å². The third-order valence-corrected chi connectivity index (χ3v) is 4.45. The highest BCUT2D eigenvalue weighted by atomic mass is 32.2. The summed E-state index contributed by atoms with van der Waals surface area (Å²) >= 11 is 1.45. The maximum Gasteiger partial charge on any atom is 0.208 e. The van der Waals surface area contributed by atoms with Crippen LogP contribution in [0, 0.1) is 0 Å². The van der Waals surface area contributed by atoms with Crippen molar-refractivity contribution in [3.63, 3.8) is 0 Å². The standard InChI is InChI=1S/C14H10FN7S2/c1-23-14-16-8-11(19-20-14)9-3-4-12(21-6-2-5-17-21)13-10(9)7-18-22(13)24-15/h2-8H,1H3. The van der Waals surface area contributed by atoms with Gasteiger partial charge in [0.05, 0.1) is 18.1 Å². The molecule has 0 atom stereocenters. The Balaban J connectivity index is 1.95. The fraction of sp³-hybridized carbons (Fsp3) is 0.0714. The van der Waals surface area contributed by atoms with Crippen LogP contribution in [-0.2, 0) is 0 Å². The molecule has 4 aromatic rings. The van der Waals surface area contributed by atoms with Gasteiger partial charge in [-0.1, -0.05) is 11.8 Å². The van der Waals surface area contributed by atoms with Crippen LogP contribution in [-0.4, -0.2) is 40.4 Å². The molecule has 0 N–H and O–H groups in total. The molecule has 10 heteroatoms. The Morgan fingerprint density at radius 1 is 1.12 bits per heavy atom. The van der Waals surface area contributed by atoms with Gasteiger partial charge in [0, 0.05) is 23.3 Å². The van der Waals surface area contributed by atoms with Crippen molar-refractivity contribution in [1.29, 1.82) is 0 Å². The van der Waals surface area contributed by atoms with Crippen LogP contribution in [0.1, 0.15) is 0 Å². The van der Waals surface area contributed by atoms with Crippen LogP contribution < -0.4 is 0 Å². The summed E-state index contributed by atoms with van der Waals surface area (Å²) in [6.45, 7) is 0. The quantitative estimate of drug-likeness (QED) is 0.518. The van der Waals surface area contributed by atoms with E-state index < -0.39 is 0 Å². The molecule has 0 fully saturated rings. The maximum absolute atomic E-state index is 13.3. The average Bonchev–Trinajstić information content (AvgIpc) is 3.31. The van der Waals surface area contributed by atoms with Crippen LogP contribution >= 0.6 is 24.1 Å². The predicted molar refractivity (Wildman–Crippen MR) is 91.6 cm³/mol. The van der Waals surface area contributed by atoms with E-state index in [-0.39, 0.29) is 12.3 Å². The third-order valence-electron chi connectivity index (χ3n) is 3.49. The molecule has 0 amide bonds. The summed E-state index contributed by atoms with van der Waals surface area (Å²) in [5.74, 6) is 0. The molecule has 0 aliphatic rings. The number of rotatable bonds is 4. The molecule has 0 saturated heterocycles. The van der Waals surface area contributed by atoms with Crippen molar-refractivity contribution in [2.24, 2.45) is 0 Å². The molecule has 0 unspecified atom stereocenters. The van der Waals surface area contributed by atoms with E-state index in [2.05, 4.69) is 25.4 Å². The van der Waals surface area contributed by atoms with Crippen molar-refractivity contribution in [1.82, 2.24) is 34.1 Å². The fourth-order valence-corrected chi connectivity index (χ4v) is 3.07. The van der Waals surface area contributed by atoms with Crippen molar-refractivity contribution in [3.8, 4) is 16.9 Å². The normalized spacial score (nSPS) is 11.2. The van der Waals surface area contributed by atoms with Crippen LogP contribution in [0.2, 0.25) is 0 Å². The summed E-state index contributed by atoms with van der Waals surface area (Å²) < 4.78 is 16.2. The molecule has 0 spiro atoms. The monoisotopic (exact) mass is 359 g/mol. The van der Waals surface area contributed by atoms with Crippen LogP contribution in [0.5, 0.6) is 0 Å². The molecule has 0 saturated carbocycles. The summed E-state index contributed by atoms with van der Waals surface area (Å²) in [6.07, 6.45) is 8.61. The third kappa shape index (κ3) is 2.43. The molecule has 120 valence electrons. The molecule has 24 heavy (non-hydrogen) atoms. The second-order valence-electron chi connectivity index (χ2n) is 4.76. The van der Waals surface area contributed by atoms with Crippen LogP contribution in [0.4, 0.5) is 3.89 Å². The predicted octanol–water partition coefficient (Wildman–Crippen LogP) is 3.18. The molecule has 7 nitrogen and oxygen atoms in total. The van der Waals surface area contributed by atoms with Gasteiger partial charge in [-0.05, 0) is 24.5 Å². The zero-order chi connectivity index (χ0) is 16.5. The maximum atomic E-state index is 13.3. The molecule has 3 aromatic heterocycles. The number of thioether (sulfide) groups is 1. The van der Waals surface area contributed by atoms with Crippen LogP contribution in [0.3, 0.4) is 0 Å². The lowest BCUT2D eigenvalue weighted by atomic mass is 10.1. The molecule has 3 heterocycles. The first-order valence-corrected chi connectivity index (χ1v) is 8.75. The number of benzene rings is 1. The fourth-order valence-electron chi connectivity index (χ4n) is 2.45. The van der Waals surface area contributed by atoms with Gasteiger partial charge in [-0.25, -0.2) is 9.67 Å². The van der Waals surface area contributed by atoms with Crippen LogP contribution in [0.15, 0.2) is 48.1 Å². The minimum absolute atomic E-state index is 0.0358. The van der Waals surface area contributed by atoms with E-state index in [9.17, 15) is 3.89 Å². The molecule has 4 rings (SSSR count). The van der Waals surface area contributed by atoms with E-state index >= 15 is 0 Å².